The fourth-order valence-electron chi connectivity index (χ4n) is 3.05. The van der Waals surface area contributed by atoms with Crippen LogP contribution in [0.5, 0.6) is 0 Å². The van der Waals surface area contributed by atoms with E-state index in [1.54, 1.807) is 11.3 Å². The van der Waals surface area contributed by atoms with Crippen LogP contribution in [-0.4, -0.2) is 15.5 Å². The number of rotatable bonds is 9. The number of primary amides is 1. The molecule has 0 unspecified atom stereocenters. The number of aryl methyl sites for hydroxylation is 1. The molecule has 28 heavy (non-hydrogen) atoms. The highest BCUT2D eigenvalue weighted by Crippen LogP contribution is 2.22. The molecule has 0 aliphatic rings. The predicted molar refractivity (Wildman–Crippen MR) is 117 cm³/mol. The molecule has 1 amide bonds. The fraction of sp³-hybridized carbons (Fsp3) is 0.273. The molecule has 3 aromatic rings. The summed E-state index contributed by atoms with van der Waals surface area (Å²) in [5.74, 6) is 0.585. The number of carbonyl (C=O) groups excluding carboxylic acids is 1. The molecular formula is C22H24ClN3OS. The molecule has 0 aliphatic carbocycles. The van der Waals surface area contributed by atoms with E-state index in [1.165, 1.54) is 0 Å². The first-order valence-electron chi connectivity index (χ1n) is 9.39. The summed E-state index contributed by atoms with van der Waals surface area (Å²) in [5.41, 5.74) is 8.13. The van der Waals surface area contributed by atoms with E-state index in [4.69, 9.17) is 17.3 Å². The van der Waals surface area contributed by atoms with Gasteiger partial charge < -0.3 is 10.3 Å². The summed E-state index contributed by atoms with van der Waals surface area (Å²) in [7, 11) is 0. The van der Waals surface area contributed by atoms with Crippen molar-refractivity contribution in [1.82, 2.24) is 9.55 Å². The Kier molecular flexibility index (Phi) is 7.06. The molecular weight excluding hydrogens is 390 g/mol. The van der Waals surface area contributed by atoms with Gasteiger partial charge in [-0.3, -0.25) is 4.79 Å². The Labute approximate surface area is 174 Å². The summed E-state index contributed by atoms with van der Waals surface area (Å²) >= 11 is 8.00. The molecule has 0 atom stereocenters. The highest BCUT2D eigenvalue weighted by molar-refractivity contribution is 7.09. The second-order valence-corrected chi connectivity index (χ2v) is 8.11. The average Bonchev–Trinajstić information content (AvgIpc) is 3.32. The molecule has 1 aromatic carbocycles. The van der Waals surface area contributed by atoms with Gasteiger partial charge in [0.1, 0.15) is 5.82 Å². The van der Waals surface area contributed by atoms with Crippen LogP contribution in [0.1, 0.15) is 41.7 Å². The van der Waals surface area contributed by atoms with E-state index < -0.39 is 5.91 Å². The minimum Gasteiger partial charge on any atom is -0.366 e. The first-order chi connectivity index (χ1) is 13.6. The lowest BCUT2D eigenvalue weighted by atomic mass is 10.1. The Balaban J connectivity index is 1.97. The molecule has 0 fully saturated rings. The second-order valence-electron chi connectivity index (χ2n) is 6.67. The molecule has 0 spiro atoms. The Hall–Kier alpha value is -2.37. The molecule has 146 valence electrons. The summed E-state index contributed by atoms with van der Waals surface area (Å²) in [6.07, 6.45) is 7.23. The molecule has 3 rings (SSSR count). The van der Waals surface area contributed by atoms with Crippen LogP contribution in [0.3, 0.4) is 0 Å². The Morgan fingerprint density at radius 1 is 1.29 bits per heavy atom. The molecule has 0 saturated heterocycles. The Morgan fingerprint density at radius 3 is 2.79 bits per heavy atom. The van der Waals surface area contributed by atoms with Crippen molar-refractivity contribution >= 4 is 34.9 Å². The SMILES string of the molecule is CCCCc1ncc(C=C(Cc2cccs2)C(N)=O)n1Cc1ccccc1Cl. The number of carbonyl (C=O) groups is 1. The number of nitrogens with zero attached hydrogens (tertiary/aromatic N) is 2. The zero-order valence-electron chi connectivity index (χ0n) is 15.9. The fourth-order valence-corrected chi connectivity index (χ4v) is 3.97. The normalized spacial score (nSPS) is 11.7. The molecule has 4 nitrogen and oxygen atoms in total. The average molecular weight is 414 g/mol. The smallest absolute Gasteiger partial charge is 0.245 e. The van der Waals surface area contributed by atoms with Crippen LogP contribution in [0.2, 0.25) is 5.02 Å². The molecule has 0 radical (unpaired) electrons. The van der Waals surface area contributed by atoms with Crippen molar-refractivity contribution in [2.75, 3.05) is 0 Å². The summed E-state index contributed by atoms with van der Waals surface area (Å²) in [6.45, 7) is 2.77. The van der Waals surface area contributed by atoms with E-state index in [-0.39, 0.29) is 0 Å². The van der Waals surface area contributed by atoms with Crippen molar-refractivity contribution in [1.29, 1.82) is 0 Å². The topological polar surface area (TPSA) is 60.9 Å². The lowest BCUT2D eigenvalue weighted by Gasteiger charge is -2.12. The molecule has 2 heterocycles. The van der Waals surface area contributed by atoms with Crippen molar-refractivity contribution in [3.05, 3.63) is 80.5 Å². The van der Waals surface area contributed by atoms with Crippen LogP contribution in [0.15, 0.2) is 53.5 Å². The van der Waals surface area contributed by atoms with Gasteiger partial charge >= 0.3 is 0 Å². The second kappa shape index (κ2) is 9.71. The van der Waals surface area contributed by atoms with Crippen LogP contribution in [-0.2, 0) is 24.2 Å². The van der Waals surface area contributed by atoms with Crippen LogP contribution in [0, 0.1) is 0 Å². The lowest BCUT2D eigenvalue weighted by Crippen LogP contribution is -2.16. The highest BCUT2D eigenvalue weighted by Gasteiger charge is 2.14. The van der Waals surface area contributed by atoms with Crippen molar-refractivity contribution in [3.8, 4) is 0 Å². The monoisotopic (exact) mass is 413 g/mol. The van der Waals surface area contributed by atoms with Crippen molar-refractivity contribution in [2.45, 2.75) is 39.2 Å². The number of hydrogen-bond donors (Lipinski definition) is 1. The summed E-state index contributed by atoms with van der Waals surface area (Å²) < 4.78 is 2.13. The van der Waals surface area contributed by atoms with Crippen molar-refractivity contribution < 1.29 is 4.79 Å². The van der Waals surface area contributed by atoms with Gasteiger partial charge in [0.15, 0.2) is 0 Å². The number of aromatic nitrogens is 2. The van der Waals surface area contributed by atoms with Gasteiger partial charge in [0.2, 0.25) is 5.91 Å². The van der Waals surface area contributed by atoms with Gasteiger partial charge in [0.25, 0.3) is 0 Å². The molecule has 0 aliphatic heterocycles. The number of imidazole rings is 1. The van der Waals surface area contributed by atoms with Crippen LogP contribution in [0.4, 0.5) is 0 Å². The number of unbranched alkanes of at least 4 members (excludes halogenated alkanes) is 1. The van der Waals surface area contributed by atoms with Crippen molar-refractivity contribution in [2.24, 2.45) is 5.73 Å². The summed E-state index contributed by atoms with van der Waals surface area (Å²) in [5, 5.41) is 2.72. The molecule has 2 aromatic heterocycles. The van der Waals surface area contributed by atoms with Crippen LogP contribution in [0.25, 0.3) is 6.08 Å². The third-order valence-corrected chi connectivity index (χ3v) is 5.84. The quantitative estimate of drug-likeness (QED) is 0.496. The third kappa shape index (κ3) is 5.12. The van der Waals surface area contributed by atoms with Gasteiger partial charge in [-0.15, -0.1) is 11.3 Å². The highest BCUT2D eigenvalue weighted by atomic mass is 35.5. The van der Waals surface area contributed by atoms with E-state index in [0.29, 0.717) is 18.5 Å². The number of thiophene rings is 1. The van der Waals surface area contributed by atoms with E-state index in [0.717, 1.165) is 46.2 Å². The Bertz CT molecular complexity index is 960. The lowest BCUT2D eigenvalue weighted by molar-refractivity contribution is -0.114. The largest absolute Gasteiger partial charge is 0.366 e. The van der Waals surface area contributed by atoms with E-state index >= 15 is 0 Å². The number of nitrogens with two attached hydrogens (primary N) is 1. The van der Waals surface area contributed by atoms with Gasteiger partial charge in [0.05, 0.1) is 18.4 Å². The first kappa shape index (κ1) is 20.4. The number of benzene rings is 1. The van der Waals surface area contributed by atoms with Gasteiger partial charge in [-0.25, -0.2) is 4.98 Å². The number of halogens is 1. The van der Waals surface area contributed by atoms with E-state index in [1.807, 2.05) is 54.1 Å². The summed E-state index contributed by atoms with van der Waals surface area (Å²) in [4.78, 5) is 17.8. The summed E-state index contributed by atoms with van der Waals surface area (Å²) in [6, 6.07) is 11.8. The van der Waals surface area contributed by atoms with E-state index in [2.05, 4.69) is 16.5 Å². The predicted octanol–water partition coefficient (Wildman–Crippen LogP) is 5.10. The minimum atomic E-state index is -0.408. The minimum absolute atomic E-state index is 0.408. The maximum atomic E-state index is 12.0. The maximum absolute atomic E-state index is 12.0. The maximum Gasteiger partial charge on any atom is 0.245 e. The van der Waals surface area contributed by atoms with Gasteiger partial charge in [-0.05, 0) is 35.6 Å². The third-order valence-electron chi connectivity index (χ3n) is 4.59. The first-order valence-corrected chi connectivity index (χ1v) is 10.6. The number of hydrogen-bond acceptors (Lipinski definition) is 3. The van der Waals surface area contributed by atoms with E-state index in [9.17, 15) is 4.79 Å². The van der Waals surface area contributed by atoms with Crippen LogP contribution < -0.4 is 5.73 Å². The molecule has 0 bridgehead atoms. The van der Waals surface area contributed by atoms with Crippen LogP contribution >= 0.6 is 22.9 Å². The van der Waals surface area contributed by atoms with Gasteiger partial charge in [0, 0.05) is 28.3 Å². The Morgan fingerprint density at radius 2 is 2.11 bits per heavy atom. The zero-order chi connectivity index (χ0) is 19.9. The molecule has 0 saturated carbocycles. The number of amides is 1. The van der Waals surface area contributed by atoms with Gasteiger partial charge in [-0.1, -0.05) is 49.2 Å². The standard InChI is InChI=1S/C22H24ClN3OS/c1-2-3-10-21-25-14-18(26(21)15-16-7-4-5-9-20(16)23)12-17(22(24)27)13-19-8-6-11-28-19/h4-9,11-12,14H,2-3,10,13,15H2,1H3,(H2,24,27). The zero-order valence-corrected chi connectivity index (χ0v) is 17.5. The molecule has 2 N–H and O–H groups in total. The van der Waals surface area contributed by atoms with Gasteiger partial charge in [-0.2, -0.15) is 0 Å². The molecule has 6 heteroatoms. The van der Waals surface area contributed by atoms with Crippen molar-refractivity contribution in [3.63, 3.8) is 0 Å².